The summed E-state index contributed by atoms with van der Waals surface area (Å²) in [4.78, 5) is 12.2. The first-order valence-electron chi connectivity index (χ1n) is 10.7. The number of anilines is 2. The van der Waals surface area contributed by atoms with Gasteiger partial charge in [-0.3, -0.25) is 9.97 Å². The summed E-state index contributed by atoms with van der Waals surface area (Å²) < 4.78 is 5.06. The molecule has 0 amide bonds. The number of fused-ring (bicyclic) bond motifs is 1. The number of aromatic nitrogens is 3. The molecule has 0 aliphatic heterocycles. The number of pyridine rings is 2. The molecule has 0 atom stereocenters. The lowest BCUT2D eigenvalue weighted by Crippen LogP contribution is -2.19. The van der Waals surface area contributed by atoms with E-state index in [9.17, 15) is 5.26 Å². The number of nitriles is 1. The Morgan fingerprint density at radius 1 is 1.15 bits per heavy atom. The lowest BCUT2D eigenvalue weighted by Gasteiger charge is -2.14. The molecule has 0 saturated heterocycles. The Morgan fingerprint density at radius 3 is 2.91 bits per heavy atom. The molecule has 3 heterocycles. The summed E-state index contributed by atoms with van der Waals surface area (Å²) in [6, 6.07) is 14.3. The van der Waals surface area contributed by atoms with E-state index in [2.05, 4.69) is 44.6 Å². The molecule has 0 bridgehead atoms. The van der Waals surface area contributed by atoms with Gasteiger partial charge in [0.25, 0.3) is 0 Å². The summed E-state index contributed by atoms with van der Waals surface area (Å²) >= 11 is 0. The number of nitrogens with one attached hydrogen (secondary N) is 3. The van der Waals surface area contributed by atoms with E-state index in [1.807, 2.05) is 48.7 Å². The molecule has 0 aliphatic carbocycles. The van der Waals surface area contributed by atoms with E-state index in [1.165, 1.54) is 0 Å². The lowest BCUT2D eigenvalue weighted by molar-refractivity contribution is 0.199. The van der Waals surface area contributed by atoms with Crippen molar-refractivity contribution in [3.63, 3.8) is 0 Å². The van der Waals surface area contributed by atoms with Crippen molar-refractivity contribution in [2.24, 2.45) is 0 Å². The van der Waals surface area contributed by atoms with Crippen molar-refractivity contribution in [2.75, 3.05) is 25.6 Å². The van der Waals surface area contributed by atoms with Crippen molar-refractivity contribution in [3.05, 3.63) is 83.1 Å². The maximum Gasteiger partial charge on any atom is 0.103 e. The molecule has 0 unspecified atom stereocenters. The smallest absolute Gasteiger partial charge is 0.103 e. The third-order valence-corrected chi connectivity index (χ3v) is 5.41. The van der Waals surface area contributed by atoms with E-state index in [4.69, 9.17) is 4.74 Å². The van der Waals surface area contributed by atoms with Crippen LogP contribution in [0.3, 0.4) is 0 Å². The van der Waals surface area contributed by atoms with Gasteiger partial charge in [-0.1, -0.05) is 6.07 Å². The molecule has 7 heteroatoms. The van der Waals surface area contributed by atoms with Gasteiger partial charge in [0, 0.05) is 60.9 Å². The zero-order chi connectivity index (χ0) is 23.0. The number of ether oxygens (including phenoxy) is 1. The molecule has 4 rings (SSSR count). The SMILES string of the molecule is COCCNCc1cccc(C=Cc2cncc(C#N)c2Nc2ccc3[nH]ccc3c2C)n1. The van der Waals surface area contributed by atoms with E-state index in [1.54, 1.807) is 19.5 Å². The van der Waals surface area contributed by atoms with Crippen LogP contribution in [0.15, 0.2) is 55.0 Å². The van der Waals surface area contributed by atoms with Crippen LogP contribution in [-0.4, -0.2) is 35.2 Å². The van der Waals surface area contributed by atoms with Gasteiger partial charge in [0.05, 0.1) is 29.2 Å². The van der Waals surface area contributed by atoms with Gasteiger partial charge in [0.1, 0.15) is 6.07 Å². The second-order valence-electron chi connectivity index (χ2n) is 7.62. The summed E-state index contributed by atoms with van der Waals surface area (Å²) in [5, 5.41) is 17.6. The average Bonchev–Trinajstić information content (AvgIpc) is 3.33. The molecule has 3 aromatic heterocycles. The topological polar surface area (TPSA) is 98.6 Å². The maximum absolute atomic E-state index is 9.68. The number of H-pyrrole nitrogens is 1. The van der Waals surface area contributed by atoms with Crippen LogP contribution in [0.2, 0.25) is 0 Å². The van der Waals surface area contributed by atoms with E-state index in [0.29, 0.717) is 18.7 Å². The number of hydrogen-bond donors (Lipinski definition) is 3. The van der Waals surface area contributed by atoms with Crippen molar-refractivity contribution < 1.29 is 4.74 Å². The van der Waals surface area contributed by atoms with Gasteiger partial charge in [-0.2, -0.15) is 5.26 Å². The Bertz CT molecular complexity index is 1320. The summed E-state index contributed by atoms with van der Waals surface area (Å²) in [7, 11) is 1.69. The summed E-state index contributed by atoms with van der Waals surface area (Å²) in [6.45, 7) is 4.17. The Kier molecular flexibility index (Phi) is 7.10. The first-order chi connectivity index (χ1) is 16.2. The molecule has 0 radical (unpaired) electrons. The quantitative estimate of drug-likeness (QED) is 0.325. The van der Waals surface area contributed by atoms with E-state index in [-0.39, 0.29) is 0 Å². The number of benzene rings is 1. The normalized spacial score (nSPS) is 11.2. The van der Waals surface area contributed by atoms with Crippen molar-refractivity contribution in [1.82, 2.24) is 20.3 Å². The van der Waals surface area contributed by atoms with Crippen molar-refractivity contribution in [2.45, 2.75) is 13.5 Å². The molecule has 3 N–H and O–H groups in total. The third-order valence-electron chi connectivity index (χ3n) is 5.41. The van der Waals surface area contributed by atoms with Gasteiger partial charge in [0.2, 0.25) is 0 Å². The van der Waals surface area contributed by atoms with Crippen LogP contribution in [-0.2, 0) is 11.3 Å². The van der Waals surface area contributed by atoms with Crippen LogP contribution >= 0.6 is 0 Å². The van der Waals surface area contributed by atoms with Crippen LogP contribution in [0.5, 0.6) is 0 Å². The number of aromatic amines is 1. The molecular formula is C26H26N6O. The van der Waals surface area contributed by atoms with Gasteiger partial charge < -0.3 is 20.4 Å². The fraction of sp³-hybridized carbons (Fsp3) is 0.192. The maximum atomic E-state index is 9.68. The third kappa shape index (κ3) is 5.26. The number of aryl methyl sites for hydroxylation is 1. The van der Waals surface area contributed by atoms with Gasteiger partial charge in [-0.05, 0) is 55.0 Å². The lowest BCUT2D eigenvalue weighted by atomic mass is 10.1. The van der Waals surface area contributed by atoms with E-state index < -0.39 is 0 Å². The first-order valence-corrected chi connectivity index (χ1v) is 10.7. The zero-order valence-corrected chi connectivity index (χ0v) is 18.7. The molecule has 0 saturated carbocycles. The number of rotatable bonds is 9. The van der Waals surface area contributed by atoms with Gasteiger partial charge in [-0.25, -0.2) is 0 Å². The molecule has 0 fully saturated rings. The second kappa shape index (κ2) is 10.6. The highest BCUT2D eigenvalue weighted by Gasteiger charge is 2.11. The molecule has 4 aromatic rings. The molecule has 33 heavy (non-hydrogen) atoms. The number of methoxy groups -OCH3 is 1. The van der Waals surface area contributed by atoms with Gasteiger partial charge in [0.15, 0.2) is 0 Å². The summed E-state index contributed by atoms with van der Waals surface area (Å²) in [5.41, 5.74) is 6.93. The fourth-order valence-electron chi connectivity index (χ4n) is 3.64. The van der Waals surface area contributed by atoms with Crippen molar-refractivity contribution in [3.8, 4) is 6.07 Å². The molecule has 0 spiro atoms. The molecule has 1 aromatic carbocycles. The fourth-order valence-corrected chi connectivity index (χ4v) is 3.64. The Hall–Kier alpha value is -3.99. The molecule has 166 valence electrons. The number of nitrogens with zero attached hydrogens (tertiary/aromatic N) is 3. The summed E-state index contributed by atoms with van der Waals surface area (Å²) in [5.74, 6) is 0. The van der Waals surface area contributed by atoms with Crippen LogP contribution in [0, 0.1) is 18.3 Å². The van der Waals surface area contributed by atoms with Crippen molar-refractivity contribution >= 4 is 34.4 Å². The van der Waals surface area contributed by atoms with Crippen LogP contribution < -0.4 is 10.6 Å². The van der Waals surface area contributed by atoms with Crippen molar-refractivity contribution in [1.29, 1.82) is 5.26 Å². The average molecular weight is 439 g/mol. The highest BCUT2D eigenvalue weighted by molar-refractivity contribution is 5.90. The van der Waals surface area contributed by atoms with E-state index in [0.717, 1.165) is 51.3 Å². The van der Waals surface area contributed by atoms with Crippen LogP contribution in [0.1, 0.15) is 28.1 Å². The van der Waals surface area contributed by atoms with Crippen LogP contribution in [0.4, 0.5) is 11.4 Å². The minimum absolute atomic E-state index is 0.481. The van der Waals surface area contributed by atoms with E-state index >= 15 is 0 Å². The monoisotopic (exact) mass is 438 g/mol. The molecular weight excluding hydrogens is 412 g/mol. The predicted molar refractivity (Wildman–Crippen MR) is 132 cm³/mol. The number of hydrogen-bond acceptors (Lipinski definition) is 6. The largest absolute Gasteiger partial charge is 0.383 e. The zero-order valence-electron chi connectivity index (χ0n) is 18.7. The Morgan fingerprint density at radius 2 is 2.06 bits per heavy atom. The Balaban J connectivity index is 1.59. The standard InChI is InChI=1S/C26H26N6O/c1-18-23-10-11-30-25(23)9-8-24(18)32-26-19(15-29-16-20(26)14-27)6-7-21-4-3-5-22(31-21)17-28-12-13-33-2/h3-11,15-16,28,30H,12-13,17H2,1-2H3,(H,29,32). The minimum atomic E-state index is 0.481. The van der Waals surface area contributed by atoms with Gasteiger partial charge >= 0.3 is 0 Å². The second-order valence-corrected chi connectivity index (χ2v) is 7.62. The Labute approximate surface area is 193 Å². The molecule has 0 aliphatic rings. The molecule has 7 nitrogen and oxygen atoms in total. The predicted octanol–water partition coefficient (Wildman–Crippen LogP) is 4.79. The first kappa shape index (κ1) is 22.2. The highest BCUT2D eigenvalue weighted by atomic mass is 16.5. The summed E-state index contributed by atoms with van der Waals surface area (Å²) in [6.07, 6.45) is 9.13. The minimum Gasteiger partial charge on any atom is -0.383 e. The van der Waals surface area contributed by atoms with Gasteiger partial charge in [-0.15, -0.1) is 0 Å². The van der Waals surface area contributed by atoms with Crippen LogP contribution in [0.25, 0.3) is 23.1 Å². The highest BCUT2D eigenvalue weighted by Crippen LogP contribution is 2.31.